The summed E-state index contributed by atoms with van der Waals surface area (Å²) in [4.78, 5) is 18.3. The van der Waals surface area contributed by atoms with Crippen LogP contribution >= 0.6 is 11.8 Å². The molecule has 1 unspecified atom stereocenters. The Morgan fingerprint density at radius 3 is 2.88 bits per heavy atom. The molecule has 0 radical (unpaired) electrons. The average Bonchev–Trinajstić information content (AvgIpc) is 2.28. The topological polar surface area (TPSA) is 81.0 Å². The van der Waals surface area contributed by atoms with Crippen molar-refractivity contribution in [3.05, 3.63) is 16.3 Å². The van der Waals surface area contributed by atoms with Crippen molar-refractivity contribution >= 4 is 23.4 Å². The summed E-state index contributed by atoms with van der Waals surface area (Å²) in [5, 5.41) is 14.3. The highest BCUT2D eigenvalue weighted by atomic mass is 32.2. The largest absolute Gasteiger partial charge is 0.357 e. The summed E-state index contributed by atoms with van der Waals surface area (Å²) in [7, 11) is 1.68. The van der Waals surface area contributed by atoms with Crippen LogP contribution < -0.4 is 5.32 Å². The quantitative estimate of drug-likeness (QED) is 0.369. The molecule has 0 aromatic carbocycles. The molecule has 1 N–H and O–H groups in total. The van der Waals surface area contributed by atoms with Gasteiger partial charge in [0.15, 0.2) is 5.03 Å². The molecule has 1 aromatic heterocycles. The lowest BCUT2D eigenvalue weighted by Gasteiger charge is -2.08. The molecule has 0 fully saturated rings. The summed E-state index contributed by atoms with van der Waals surface area (Å²) in [5.74, 6) is 0.399. The second kappa shape index (κ2) is 5.64. The fourth-order valence-electron chi connectivity index (χ4n) is 0.966. The van der Waals surface area contributed by atoms with E-state index in [4.69, 9.17) is 0 Å². The number of hydrogen-bond acceptors (Lipinski definition) is 6. The highest BCUT2D eigenvalue weighted by molar-refractivity contribution is 8.00. The molecule has 0 aliphatic carbocycles. The van der Waals surface area contributed by atoms with Gasteiger partial charge in [0.25, 0.3) is 0 Å². The molecule has 88 valence electrons. The highest BCUT2D eigenvalue weighted by Crippen LogP contribution is 2.31. The predicted molar refractivity (Wildman–Crippen MR) is 63.8 cm³/mol. The van der Waals surface area contributed by atoms with E-state index in [2.05, 4.69) is 15.3 Å². The summed E-state index contributed by atoms with van der Waals surface area (Å²) in [6, 6.07) is 0. The minimum absolute atomic E-state index is 0.0377. The zero-order valence-electron chi connectivity index (χ0n) is 9.43. The summed E-state index contributed by atoms with van der Waals surface area (Å²) in [5.41, 5.74) is -0.0377. The van der Waals surface area contributed by atoms with E-state index < -0.39 is 4.92 Å². The fraction of sp³-hybridized carbons (Fsp3) is 0.556. The van der Waals surface area contributed by atoms with Crippen molar-refractivity contribution in [2.24, 2.45) is 0 Å². The standard InChI is InChI=1S/C9H14N4O2S/c1-4-6(2)16-8-7(13(14)15)5-11-9(10-3)12-8/h5-6H,4H2,1-3H3,(H,10,11,12). The first-order valence-corrected chi connectivity index (χ1v) is 5.82. The van der Waals surface area contributed by atoms with Gasteiger partial charge in [0.1, 0.15) is 6.20 Å². The summed E-state index contributed by atoms with van der Waals surface area (Å²) in [6.45, 7) is 4.04. The SMILES string of the molecule is CCC(C)Sc1nc(NC)ncc1[N+](=O)[O-]. The van der Waals surface area contributed by atoms with E-state index in [1.54, 1.807) is 7.05 Å². The number of hydrogen-bond donors (Lipinski definition) is 1. The Kier molecular flexibility index (Phi) is 4.48. The van der Waals surface area contributed by atoms with Crippen molar-refractivity contribution in [2.75, 3.05) is 12.4 Å². The molecule has 0 spiro atoms. The lowest BCUT2D eigenvalue weighted by molar-refractivity contribution is -0.388. The second-order valence-electron chi connectivity index (χ2n) is 3.23. The van der Waals surface area contributed by atoms with Crippen LogP contribution in [0.5, 0.6) is 0 Å². The summed E-state index contributed by atoms with van der Waals surface area (Å²) >= 11 is 1.40. The molecule has 0 saturated heterocycles. The molecule has 7 heteroatoms. The first kappa shape index (κ1) is 12.7. The lowest BCUT2D eigenvalue weighted by atomic mass is 10.4. The third-order valence-electron chi connectivity index (χ3n) is 2.04. The normalized spacial score (nSPS) is 12.2. The van der Waals surface area contributed by atoms with Gasteiger partial charge in [-0.2, -0.15) is 4.98 Å². The van der Waals surface area contributed by atoms with Crippen molar-refractivity contribution < 1.29 is 4.92 Å². The van der Waals surface area contributed by atoms with Crippen LogP contribution in [-0.2, 0) is 0 Å². The van der Waals surface area contributed by atoms with Gasteiger partial charge in [0, 0.05) is 12.3 Å². The maximum Gasteiger partial charge on any atom is 0.319 e. The van der Waals surface area contributed by atoms with E-state index in [1.807, 2.05) is 13.8 Å². The van der Waals surface area contributed by atoms with Crippen molar-refractivity contribution in [1.82, 2.24) is 9.97 Å². The minimum Gasteiger partial charge on any atom is -0.357 e. The van der Waals surface area contributed by atoms with E-state index in [0.717, 1.165) is 6.42 Å². The van der Waals surface area contributed by atoms with Crippen molar-refractivity contribution in [1.29, 1.82) is 0 Å². The van der Waals surface area contributed by atoms with Gasteiger partial charge < -0.3 is 5.32 Å². The third-order valence-corrected chi connectivity index (χ3v) is 3.30. The average molecular weight is 242 g/mol. The predicted octanol–water partition coefficient (Wildman–Crippen LogP) is 2.32. The molecule has 1 rings (SSSR count). The number of nitrogens with zero attached hydrogens (tertiary/aromatic N) is 3. The first-order valence-electron chi connectivity index (χ1n) is 4.94. The van der Waals surface area contributed by atoms with Gasteiger partial charge in [0.2, 0.25) is 5.95 Å². The number of rotatable bonds is 5. The Bertz CT molecular complexity index is 386. The number of thioether (sulfide) groups is 1. The van der Waals surface area contributed by atoms with Crippen LogP contribution in [0.2, 0.25) is 0 Å². The van der Waals surface area contributed by atoms with Crippen molar-refractivity contribution in [3.63, 3.8) is 0 Å². The van der Waals surface area contributed by atoms with Gasteiger partial charge >= 0.3 is 5.69 Å². The summed E-state index contributed by atoms with van der Waals surface area (Å²) in [6.07, 6.45) is 2.17. The van der Waals surface area contributed by atoms with Gasteiger partial charge in [-0.3, -0.25) is 10.1 Å². The van der Waals surface area contributed by atoms with E-state index in [-0.39, 0.29) is 5.69 Å². The van der Waals surface area contributed by atoms with E-state index in [9.17, 15) is 10.1 Å². The molecule has 0 bridgehead atoms. The Hall–Kier alpha value is -1.37. The minimum atomic E-state index is -0.454. The number of aromatic nitrogens is 2. The molecule has 6 nitrogen and oxygen atoms in total. The number of anilines is 1. The van der Waals surface area contributed by atoms with Crippen LogP contribution in [0.25, 0.3) is 0 Å². The third kappa shape index (κ3) is 3.06. The van der Waals surface area contributed by atoms with Crippen LogP contribution in [-0.4, -0.2) is 27.2 Å². The molecule has 16 heavy (non-hydrogen) atoms. The van der Waals surface area contributed by atoms with Gasteiger partial charge in [-0.1, -0.05) is 25.6 Å². The Morgan fingerprint density at radius 2 is 2.38 bits per heavy atom. The maximum absolute atomic E-state index is 10.8. The van der Waals surface area contributed by atoms with Gasteiger partial charge in [0.05, 0.1) is 4.92 Å². The smallest absolute Gasteiger partial charge is 0.319 e. The highest BCUT2D eigenvalue weighted by Gasteiger charge is 2.19. The van der Waals surface area contributed by atoms with Crippen LogP contribution in [0.3, 0.4) is 0 Å². The zero-order valence-corrected chi connectivity index (χ0v) is 10.2. The van der Waals surface area contributed by atoms with Crippen molar-refractivity contribution in [2.45, 2.75) is 30.5 Å². The fourth-order valence-corrected chi connectivity index (χ4v) is 1.90. The molecule has 0 saturated carbocycles. The molecular weight excluding hydrogens is 228 g/mol. The van der Waals surface area contributed by atoms with Gasteiger partial charge in [-0.25, -0.2) is 4.98 Å². The Labute approximate surface area is 98.0 Å². The summed E-state index contributed by atoms with van der Waals surface area (Å²) < 4.78 is 0. The number of nitro groups is 1. The Morgan fingerprint density at radius 1 is 1.69 bits per heavy atom. The van der Waals surface area contributed by atoms with Crippen LogP contribution in [0.1, 0.15) is 20.3 Å². The maximum atomic E-state index is 10.8. The monoisotopic (exact) mass is 242 g/mol. The molecule has 1 heterocycles. The van der Waals surface area contributed by atoms with Crippen molar-refractivity contribution in [3.8, 4) is 0 Å². The molecular formula is C9H14N4O2S. The molecule has 0 aliphatic rings. The van der Waals surface area contributed by atoms with Crippen LogP contribution in [0.4, 0.5) is 11.6 Å². The Balaban J connectivity index is 3.05. The number of nitrogens with one attached hydrogen (secondary N) is 1. The second-order valence-corrected chi connectivity index (χ2v) is 4.65. The lowest BCUT2D eigenvalue weighted by Crippen LogP contribution is -2.03. The van der Waals surface area contributed by atoms with E-state index in [1.165, 1.54) is 18.0 Å². The van der Waals surface area contributed by atoms with Gasteiger partial charge in [-0.05, 0) is 6.42 Å². The van der Waals surface area contributed by atoms with Crippen LogP contribution in [0.15, 0.2) is 11.2 Å². The molecule has 1 aromatic rings. The molecule has 1 atom stereocenters. The van der Waals surface area contributed by atoms with E-state index in [0.29, 0.717) is 16.2 Å². The first-order chi connectivity index (χ1) is 7.58. The van der Waals surface area contributed by atoms with Crippen LogP contribution in [0, 0.1) is 10.1 Å². The molecule has 0 aliphatic heterocycles. The molecule has 0 amide bonds. The zero-order chi connectivity index (χ0) is 12.1. The van der Waals surface area contributed by atoms with E-state index >= 15 is 0 Å². The van der Waals surface area contributed by atoms with Gasteiger partial charge in [-0.15, -0.1) is 0 Å².